The van der Waals surface area contributed by atoms with E-state index in [0.717, 1.165) is 0 Å². The molecule has 9 heavy (non-hydrogen) atoms. The molecule has 0 aromatic carbocycles. The quantitative estimate of drug-likeness (QED) is 0.460. The van der Waals surface area contributed by atoms with Crippen LogP contribution in [0.4, 0.5) is 0 Å². The molecular formula is C6H14N2O. The second kappa shape index (κ2) is 3.15. The van der Waals surface area contributed by atoms with Crippen LogP contribution < -0.4 is 11.1 Å². The van der Waals surface area contributed by atoms with Gasteiger partial charge in [0.15, 0.2) is 0 Å². The van der Waals surface area contributed by atoms with Gasteiger partial charge in [-0.25, -0.2) is 0 Å². The highest BCUT2D eigenvalue weighted by Crippen LogP contribution is 2.18. The fourth-order valence-electron chi connectivity index (χ4n) is 0.779. The standard InChI is InChI=1S/C6H14N2O/c7-3-6(4-9)8-5-1-2-5/h5-6,8-9H,1-4,7H2. The maximum Gasteiger partial charge on any atom is 0.0597 e. The van der Waals surface area contributed by atoms with Gasteiger partial charge < -0.3 is 16.2 Å². The second-order valence-corrected chi connectivity index (χ2v) is 2.56. The lowest BCUT2D eigenvalue weighted by molar-refractivity contribution is 0.244. The number of rotatable bonds is 4. The van der Waals surface area contributed by atoms with E-state index in [0.29, 0.717) is 12.6 Å². The Hall–Kier alpha value is -0.120. The number of hydrogen-bond donors (Lipinski definition) is 3. The van der Waals surface area contributed by atoms with Crippen molar-refractivity contribution >= 4 is 0 Å². The van der Waals surface area contributed by atoms with Crippen LogP contribution in [0.1, 0.15) is 12.8 Å². The lowest BCUT2D eigenvalue weighted by Crippen LogP contribution is -2.40. The van der Waals surface area contributed by atoms with Crippen molar-refractivity contribution in [1.29, 1.82) is 0 Å². The first-order chi connectivity index (χ1) is 4.36. The number of nitrogens with two attached hydrogens (primary N) is 1. The second-order valence-electron chi connectivity index (χ2n) is 2.56. The molecule has 0 spiro atoms. The van der Waals surface area contributed by atoms with Gasteiger partial charge in [-0.3, -0.25) is 0 Å². The van der Waals surface area contributed by atoms with Gasteiger partial charge in [0.25, 0.3) is 0 Å². The van der Waals surface area contributed by atoms with E-state index in [4.69, 9.17) is 10.8 Å². The van der Waals surface area contributed by atoms with E-state index in [1.807, 2.05) is 0 Å². The molecule has 1 aliphatic rings. The van der Waals surface area contributed by atoms with Crippen LogP contribution in [0.2, 0.25) is 0 Å². The van der Waals surface area contributed by atoms with Gasteiger partial charge in [-0.05, 0) is 12.8 Å². The first-order valence-electron chi connectivity index (χ1n) is 3.43. The van der Waals surface area contributed by atoms with Crippen molar-refractivity contribution in [1.82, 2.24) is 5.32 Å². The number of hydrogen-bond acceptors (Lipinski definition) is 3. The minimum absolute atomic E-state index is 0.123. The first-order valence-corrected chi connectivity index (χ1v) is 3.43. The normalized spacial score (nSPS) is 22.0. The Morgan fingerprint density at radius 1 is 1.67 bits per heavy atom. The third-order valence-electron chi connectivity index (χ3n) is 1.55. The van der Waals surface area contributed by atoms with Gasteiger partial charge in [0.1, 0.15) is 0 Å². The van der Waals surface area contributed by atoms with Crippen LogP contribution in [0.5, 0.6) is 0 Å². The van der Waals surface area contributed by atoms with Gasteiger partial charge >= 0.3 is 0 Å². The fraction of sp³-hybridized carbons (Fsp3) is 1.00. The molecule has 1 unspecified atom stereocenters. The number of aliphatic hydroxyl groups is 1. The molecule has 3 heteroatoms. The molecule has 1 saturated carbocycles. The largest absolute Gasteiger partial charge is 0.395 e. The predicted octanol–water partition coefficient (Wildman–Crippen LogP) is -0.942. The van der Waals surface area contributed by atoms with Gasteiger partial charge in [-0.15, -0.1) is 0 Å². The lowest BCUT2D eigenvalue weighted by Gasteiger charge is -2.11. The third-order valence-corrected chi connectivity index (χ3v) is 1.55. The van der Waals surface area contributed by atoms with E-state index in [2.05, 4.69) is 5.32 Å². The van der Waals surface area contributed by atoms with E-state index < -0.39 is 0 Å². The minimum atomic E-state index is 0.123. The highest BCUT2D eigenvalue weighted by molar-refractivity contribution is 4.84. The average molecular weight is 130 g/mol. The molecule has 1 atom stereocenters. The Labute approximate surface area is 55.2 Å². The zero-order valence-electron chi connectivity index (χ0n) is 5.51. The first kappa shape index (κ1) is 6.99. The summed E-state index contributed by atoms with van der Waals surface area (Å²) in [6.07, 6.45) is 2.49. The summed E-state index contributed by atoms with van der Waals surface area (Å²) in [5.41, 5.74) is 5.34. The smallest absolute Gasteiger partial charge is 0.0597 e. The van der Waals surface area contributed by atoms with Crippen LogP contribution >= 0.6 is 0 Å². The fourth-order valence-corrected chi connectivity index (χ4v) is 0.779. The van der Waals surface area contributed by atoms with Crippen molar-refractivity contribution < 1.29 is 5.11 Å². The van der Waals surface area contributed by atoms with Gasteiger partial charge in [0, 0.05) is 18.6 Å². The number of aliphatic hydroxyl groups excluding tert-OH is 1. The summed E-state index contributed by atoms with van der Waals surface area (Å²) in [4.78, 5) is 0. The number of nitrogens with one attached hydrogen (secondary N) is 1. The van der Waals surface area contributed by atoms with Crippen LogP contribution in [0, 0.1) is 0 Å². The molecule has 1 rings (SSSR count). The molecule has 0 radical (unpaired) electrons. The van der Waals surface area contributed by atoms with Crippen molar-refractivity contribution in [2.45, 2.75) is 24.9 Å². The molecule has 0 amide bonds. The van der Waals surface area contributed by atoms with Crippen molar-refractivity contribution in [2.24, 2.45) is 5.73 Å². The predicted molar refractivity (Wildman–Crippen MR) is 36.1 cm³/mol. The topological polar surface area (TPSA) is 58.3 Å². The molecule has 1 aliphatic carbocycles. The summed E-state index contributed by atoms with van der Waals surface area (Å²) in [5.74, 6) is 0. The average Bonchev–Trinajstić information content (AvgIpc) is 2.66. The Morgan fingerprint density at radius 2 is 2.33 bits per heavy atom. The van der Waals surface area contributed by atoms with E-state index in [1.165, 1.54) is 12.8 Å². The van der Waals surface area contributed by atoms with Crippen molar-refractivity contribution in [3.63, 3.8) is 0 Å². The van der Waals surface area contributed by atoms with Crippen LogP contribution in [0.25, 0.3) is 0 Å². The maximum absolute atomic E-state index is 8.66. The zero-order valence-corrected chi connectivity index (χ0v) is 5.51. The summed E-state index contributed by atoms with van der Waals surface area (Å²) < 4.78 is 0. The molecule has 4 N–H and O–H groups in total. The van der Waals surface area contributed by atoms with Gasteiger partial charge in [0.2, 0.25) is 0 Å². The van der Waals surface area contributed by atoms with Crippen LogP contribution in [-0.2, 0) is 0 Å². The third kappa shape index (κ3) is 2.30. The lowest BCUT2D eigenvalue weighted by atomic mass is 10.3. The van der Waals surface area contributed by atoms with Gasteiger partial charge in [-0.1, -0.05) is 0 Å². The molecule has 0 aliphatic heterocycles. The Morgan fingerprint density at radius 3 is 2.67 bits per heavy atom. The maximum atomic E-state index is 8.66. The molecule has 0 bridgehead atoms. The summed E-state index contributed by atoms with van der Waals surface area (Å²) in [7, 11) is 0. The van der Waals surface area contributed by atoms with Crippen LogP contribution in [-0.4, -0.2) is 30.3 Å². The summed E-state index contributed by atoms with van der Waals surface area (Å²) in [5, 5.41) is 11.9. The minimum Gasteiger partial charge on any atom is -0.395 e. The van der Waals surface area contributed by atoms with E-state index >= 15 is 0 Å². The van der Waals surface area contributed by atoms with Crippen LogP contribution in [0.3, 0.4) is 0 Å². The van der Waals surface area contributed by atoms with Gasteiger partial charge in [-0.2, -0.15) is 0 Å². The van der Waals surface area contributed by atoms with E-state index in [1.54, 1.807) is 0 Å². The zero-order chi connectivity index (χ0) is 6.69. The monoisotopic (exact) mass is 130 g/mol. The van der Waals surface area contributed by atoms with Gasteiger partial charge in [0.05, 0.1) is 6.61 Å². The van der Waals surface area contributed by atoms with Crippen molar-refractivity contribution in [3.8, 4) is 0 Å². The van der Waals surface area contributed by atoms with E-state index in [-0.39, 0.29) is 12.6 Å². The summed E-state index contributed by atoms with van der Waals surface area (Å²) in [6.45, 7) is 0.694. The molecule has 0 aromatic heterocycles. The molecular weight excluding hydrogens is 116 g/mol. The molecule has 0 heterocycles. The molecule has 0 saturated heterocycles. The van der Waals surface area contributed by atoms with Crippen molar-refractivity contribution in [3.05, 3.63) is 0 Å². The highest BCUT2D eigenvalue weighted by Gasteiger charge is 2.23. The van der Waals surface area contributed by atoms with Crippen molar-refractivity contribution in [2.75, 3.05) is 13.2 Å². The Kier molecular flexibility index (Phi) is 2.45. The molecule has 1 fully saturated rings. The SMILES string of the molecule is NCC(CO)NC1CC1. The van der Waals surface area contributed by atoms with Crippen LogP contribution in [0.15, 0.2) is 0 Å². The Bertz CT molecular complexity index is 79.1. The van der Waals surface area contributed by atoms with E-state index in [9.17, 15) is 0 Å². The molecule has 54 valence electrons. The summed E-state index contributed by atoms with van der Waals surface area (Å²) in [6, 6.07) is 0.767. The molecule has 3 nitrogen and oxygen atoms in total. The summed E-state index contributed by atoms with van der Waals surface area (Å²) >= 11 is 0. The Balaban J connectivity index is 2.05. The molecule has 0 aromatic rings. The highest BCUT2D eigenvalue weighted by atomic mass is 16.3.